The molecular weight excluding hydrogens is 268 g/mol. The molecule has 1 fully saturated rings. The van der Waals surface area contributed by atoms with Crippen molar-refractivity contribution in [1.29, 1.82) is 0 Å². The molecule has 1 amide bonds. The quantitative estimate of drug-likeness (QED) is 0.581. The normalized spacial score (nSPS) is 23.1. The summed E-state index contributed by atoms with van der Waals surface area (Å²) in [6, 6.07) is -0.414. The fraction of sp³-hybridized carbons (Fsp3) is 0.750. The molecule has 0 aromatic carbocycles. The monoisotopic (exact) mass is 288 g/mol. The highest BCUT2D eigenvalue weighted by Crippen LogP contribution is 2.16. The molecule has 2 N–H and O–H groups in total. The number of aliphatic hydroxyl groups is 1. The van der Waals surface area contributed by atoms with Crippen molar-refractivity contribution in [2.24, 2.45) is 0 Å². The Bertz CT molecular complexity index is 367. The summed E-state index contributed by atoms with van der Waals surface area (Å²) in [6.45, 7) is 5.73. The molecule has 0 bridgehead atoms. The zero-order chi connectivity index (χ0) is 14.6. The van der Waals surface area contributed by atoms with Gasteiger partial charge >= 0.3 is 6.09 Å². The molecule has 0 saturated carbocycles. The van der Waals surface area contributed by atoms with E-state index in [2.05, 4.69) is 5.32 Å². The summed E-state index contributed by atoms with van der Waals surface area (Å²) >= 11 is 5.16. The fourth-order valence-corrected chi connectivity index (χ4v) is 2.10. The Morgan fingerprint density at radius 1 is 1.58 bits per heavy atom. The number of amides is 1. The van der Waals surface area contributed by atoms with Crippen LogP contribution < -0.4 is 5.32 Å². The summed E-state index contributed by atoms with van der Waals surface area (Å²) < 4.78 is 5.08. The van der Waals surface area contributed by atoms with Gasteiger partial charge in [0.25, 0.3) is 0 Å². The van der Waals surface area contributed by atoms with Crippen LogP contribution in [0.3, 0.4) is 0 Å². The SMILES string of the molecule is CC(C)(C)OC(=O)NCC(=S)N1C[C@@H](O)C[C@H]1C=O. The van der Waals surface area contributed by atoms with Crippen LogP contribution >= 0.6 is 12.2 Å². The number of β-amino-alcohol motifs (C(OH)–C–C–N with tert-alkyl or cyclic N) is 1. The maximum atomic E-state index is 11.5. The van der Waals surface area contributed by atoms with Gasteiger partial charge in [-0.2, -0.15) is 0 Å². The Morgan fingerprint density at radius 2 is 2.21 bits per heavy atom. The van der Waals surface area contributed by atoms with Gasteiger partial charge in [-0.25, -0.2) is 4.79 Å². The lowest BCUT2D eigenvalue weighted by Gasteiger charge is -2.24. The molecule has 0 spiro atoms. The molecule has 1 aliphatic heterocycles. The highest BCUT2D eigenvalue weighted by molar-refractivity contribution is 7.80. The molecular formula is C12H20N2O4S. The van der Waals surface area contributed by atoms with Crippen molar-refractivity contribution in [3.63, 3.8) is 0 Å². The number of hydrogen-bond acceptors (Lipinski definition) is 5. The minimum absolute atomic E-state index is 0.112. The summed E-state index contributed by atoms with van der Waals surface area (Å²) in [5.74, 6) is 0. The number of rotatable bonds is 3. The van der Waals surface area contributed by atoms with Gasteiger partial charge in [-0.05, 0) is 20.8 Å². The van der Waals surface area contributed by atoms with Crippen molar-refractivity contribution in [1.82, 2.24) is 10.2 Å². The van der Waals surface area contributed by atoms with E-state index in [0.717, 1.165) is 6.29 Å². The Kier molecular flexibility index (Phi) is 5.25. The Balaban J connectivity index is 2.43. The number of thiocarbonyl (C=S) groups is 1. The van der Waals surface area contributed by atoms with Gasteiger partial charge in [-0.15, -0.1) is 0 Å². The van der Waals surface area contributed by atoms with Crippen LogP contribution in [0.15, 0.2) is 0 Å². The van der Waals surface area contributed by atoms with Gasteiger partial charge in [0.05, 0.1) is 23.7 Å². The van der Waals surface area contributed by atoms with E-state index in [0.29, 0.717) is 18.0 Å². The van der Waals surface area contributed by atoms with E-state index in [1.165, 1.54) is 0 Å². The average molecular weight is 288 g/mol. The molecule has 0 aromatic rings. The third-order valence-corrected chi connectivity index (χ3v) is 2.96. The van der Waals surface area contributed by atoms with Gasteiger partial charge in [-0.3, -0.25) is 0 Å². The summed E-state index contributed by atoms with van der Waals surface area (Å²) in [7, 11) is 0. The smallest absolute Gasteiger partial charge is 0.408 e. The molecule has 1 rings (SSSR count). The maximum Gasteiger partial charge on any atom is 0.408 e. The molecule has 7 heteroatoms. The molecule has 19 heavy (non-hydrogen) atoms. The Labute approximate surface area is 118 Å². The lowest BCUT2D eigenvalue weighted by atomic mass is 10.2. The standard InChI is InChI=1S/C12H20N2O4S/c1-12(2,3)18-11(17)13-5-10(19)14-6-9(16)4-8(14)7-15/h7-9,16H,4-6H2,1-3H3,(H,13,17)/t8-,9-/m0/s1. The van der Waals surface area contributed by atoms with Gasteiger partial charge in [0.15, 0.2) is 0 Å². The number of aldehydes is 1. The van der Waals surface area contributed by atoms with E-state index >= 15 is 0 Å². The highest BCUT2D eigenvalue weighted by Gasteiger charge is 2.32. The largest absolute Gasteiger partial charge is 0.444 e. The molecule has 6 nitrogen and oxygen atoms in total. The van der Waals surface area contributed by atoms with E-state index in [-0.39, 0.29) is 6.54 Å². The number of carbonyl (C=O) groups is 2. The maximum absolute atomic E-state index is 11.5. The Hall–Kier alpha value is -1.21. The summed E-state index contributed by atoms with van der Waals surface area (Å²) in [4.78, 5) is 24.4. The topological polar surface area (TPSA) is 78.9 Å². The predicted octanol–water partition coefficient (Wildman–Crippen LogP) is 0.473. The molecule has 2 atom stereocenters. The molecule has 1 aliphatic rings. The molecule has 0 aromatic heterocycles. The minimum Gasteiger partial charge on any atom is -0.444 e. The van der Waals surface area contributed by atoms with E-state index < -0.39 is 23.8 Å². The van der Waals surface area contributed by atoms with Crippen molar-refractivity contribution in [2.75, 3.05) is 13.1 Å². The second-order valence-corrected chi connectivity index (χ2v) is 5.97. The highest BCUT2D eigenvalue weighted by atomic mass is 32.1. The minimum atomic E-state index is -0.569. The first-order chi connectivity index (χ1) is 8.73. The summed E-state index contributed by atoms with van der Waals surface area (Å²) in [5.41, 5.74) is -0.569. The molecule has 0 radical (unpaired) electrons. The first-order valence-corrected chi connectivity index (χ1v) is 6.53. The van der Waals surface area contributed by atoms with Crippen LogP contribution in [0.1, 0.15) is 27.2 Å². The number of nitrogens with one attached hydrogen (secondary N) is 1. The third-order valence-electron chi connectivity index (χ3n) is 2.58. The molecule has 1 saturated heterocycles. The summed E-state index contributed by atoms with van der Waals surface area (Å²) in [5, 5.41) is 12.0. The molecule has 108 valence electrons. The number of ether oxygens (including phenoxy) is 1. The lowest BCUT2D eigenvalue weighted by molar-refractivity contribution is -0.110. The third kappa shape index (κ3) is 5.12. The van der Waals surface area contributed by atoms with Gasteiger partial charge in [0.2, 0.25) is 0 Å². The van der Waals surface area contributed by atoms with Gasteiger partial charge < -0.3 is 24.9 Å². The number of carbonyl (C=O) groups excluding carboxylic acids is 2. The second kappa shape index (κ2) is 6.29. The summed E-state index contributed by atoms with van der Waals surface area (Å²) in [6.07, 6.45) is 0.0124. The average Bonchev–Trinajstić information content (AvgIpc) is 2.65. The fourth-order valence-electron chi connectivity index (χ4n) is 1.82. The number of aliphatic hydroxyl groups excluding tert-OH is 1. The number of alkyl carbamates (subject to hydrolysis) is 1. The van der Waals surface area contributed by atoms with E-state index in [4.69, 9.17) is 17.0 Å². The molecule has 1 heterocycles. The van der Waals surface area contributed by atoms with Crippen molar-refractivity contribution < 1.29 is 19.4 Å². The van der Waals surface area contributed by atoms with Gasteiger partial charge in [0.1, 0.15) is 11.9 Å². The van der Waals surface area contributed by atoms with Crippen molar-refractivity contribution in [3.8, 4) is 0 Å². The van der Waals surface area contributed by atoms with Gasteiger partial charge in [-0.1, -0.05) is 12.2 Å². The van der Waals surface area contributed by atoms with Crippen LogP contribution in [-0.4, -0.2) is 58.2 Å². The van der Waals surface area contributed by atoms with Crippen LogP contribution in [0, 0.1) is 0 Å². The molecule has 0 aliphatic carbocycles. The van der Waals surface area contributed by atoms with Crippen molar-refractivity contribution >= 4 is 29.6 Å². The second-order valence-electron chi connectivity index (χ2n) is 5.49. The zero-order valence-electron chi connectivity index (χ0n) is 11.4. The number of likely N-dealkylation sites (tertiary alicyclic amines) is 1. The zero-order valence-corrected chi connectivity index (χ0v) is 12.2. The van der Waals surface area contributed by atoms with E-state index in [1.54, 1.807) is 25.7 Å². The first kappa shape index (κ1) is 15.8. The first-order valence-electron chi connectivity index (χ1n) is 6.12. The van der Waals surface area contributed by atoms with Crippen LogP contribution in [-0.2, 0) is 9.53 Å². The predicted molar refractivity (Wildman–Crippen MR) is 74.0 cm³/mol. The number of nitrogens with zero attached hydrogens (tertiary/aromatic N) is 1. The van der Waals surface area contributed by atoms with Gasteiger partial charge in [0, 0.05) is 13.0 Å². The molecule has 0 unspecified atom stereocenters. The van der Waals surface area contributed by atoms with Crippen molar-refractivity contribution in [2.45, 2.75) is 44.9 Å². The lowest BCUT2D eigenvalue weighted by Crippen LogP contribution is -2.43. The van der Waals surface area contributed by atoms with Crippen LogP contribution in [0.5, 0.6) is 0 Å². The van der Waals surface area contributed by atoms with Crippen molar-refractivity contribution in [3.05, 3.63) is 0 Å². The van der Waals surface area contributed by atoms with Crippen LogP contribution in [0.4, 0.5) is 4.79 Å². The van der Waals surface area contributed by atoms with E-state index in [1.807, 2.05) is 0 Å². The van der Waals surface area contributed by atoms with Crippen LogP contribution in [0.2, 0.25) is 0 Å². The van der Waals surface area contributed by atoms with Crippen LogP contribution in [0.25, 0.3) is 0 Å². The Morgan fingerprint density at radius 3 is 2.74 bits per heavy atom. The number of hydrogen-bond donors (Lipinski definition) is 2. The van der Waals surface area contributed by atoms with E-state index in [9.17, 15) is 14.7 Å².